The van der Waals surface area contributed by atoms with Crippen molar-refractivity contribution >= 4 is 41.0 Å². The molecule has 3 fully saturated rings. The zero-order valence-electron chi connectivity index (χ0n) is 20.1. The first-order valence-corrected chi connectivity index (χ1v) is 12.6. The van der Waals surface area contributed by atoms with E-state index in [9.17, 15) is 19.2 Å². The van der Waals surface area contributed by atoms with Crippen molar-refractivity contribution in [2.75, 3.05) is 18.9 Å². The van der Waals surface area contributed by atoms with E-state index in [0.29, 0.717) is 29.1 Å². The van der Waals surface area contributed by atoms with Gasteiger partial charge in [-0.25, -0.2) is 4.79 Å². The second-order valence-electron chi connectivity index (χ2n) is 9.90. The van der Waals surface area contributed by atoms with Crippen LogP contribution in [0.3, 0.4) is 0 Å². The number of benzene rings is 1. The average molecular weight is 489 g/mol. The van der Waals surface area contributed by atoms with E-state index in [1.54, 1.807) is 25.2 Å². The fraction of sp³-hybridized carbons (Fsp3) is 0.600. The van der Waals surface area contributed by atoms with Gasteiger partial charge in [-0.2, -0.15) is 0 Å². The number of carbonyl (C=O) groups is 4. The molecule has 9 heteroatoms. The van der Waals surface area contributed by atoms with Crippen molar-refractivity contribution in [3.63, 3.8) is 0 Å². The lowest BCUT2D eigenvalue weighted by Gasteiger charge is -2.39. The number of piperidine rings is 1. The number of nitrogens with one attached hydrogen (secondary N) is 1. The van der Waals surface area contributed by atoms with Crippen LogP contribution >= 0.6 is 11.6 Å². The minimum Gasteiger partial charge on any atom is -0.333 e. The summed E-state index contributed by atoms with van der Waals surface area (Å²) >= 11 is 6.20. The molecule has 1 aromatic rings. The van der Waals surface area contributed by atoms with Crippen LogP contribution in [0.5, 0.6) is 0 Å². The molecule has 2 aliphatic heterocycles. The minimum atomic E-state index is -0.836. The van der Waals surface area contributed by atoms with Gasteiger partial charge in [-0.1, -0.05) is 30.9 Å². The molecule has 1 spiro atoms. The molecule has 0 unspecified atom stereocenters. The fourth-order valence-electron chi connectivity index (χ4n) is 5.77. The van der Waals surface area contributed by atoms with Crippen LogP contribution in [0.25, 0.3) is 0 Å². The van der Waals surface area contributed by atoms with Crippen molar-refractivity contribution in [2.24, 2.45) is 0 Å². The van der Waals surface area contributed by atoms with Gasteiger partial charge in [0.2, 0.25) is 5.91 Å². The van der Waals surface area contributed by atoms with E-state index in [2.05, 4.69) is 5.32 Å². The highest BCUT2D eigenvalue weighted by molar-refractivity contribution is 6.31. The lowest BCUT2D eigenvalue weighted by atomic mass is 9.81. The number of halogens is 1. The average Bonchev–Trinajstić information content (AvgIpc) is 2.97. The topological polar surface area (TPSA) is 90.0 Å². The molecule has 1 saturated carbocycles. The molecule has 2 saturated heterocycles. The summed E-state index contributed by atoms with van der Waals surface area (Å²) in [7, 11) is 1.64. The van der Waals surface area contributed by atoms with Gasteiger partial charge in [0.15, 0.2) is 0 Å². The molecule has 2 heterocycles. The molecular weight excluding hydrogens is 456 g/mol. The Morgan fingerprint density at radius 2 is 1.71 bits per heavy atom. The molecular formula is C25H33ClN4O4. The second kappa shape index (κ2) is 9.56. The predicted octanol–water partition coefficient (Wildman–Crippen LogP) is 4.28. The van der Waals surface area contributed by atoms with Crippen LogP contribution in [0, 0.1) is 0 Å². The Kier molecular flexibility index (Phi) is 6.90. The molecule has 1 aromatic carbocycles. The molecule has 184 valence electrons. The van der Waals surface area contributed by atoms with Gasteiger partial charge in [-0.05, 0) is 64.2 Å². The Morgan fingerprint density at radius 3 is 2.35 bits per heavy atom. The SMILES string of the molecule is C[C@@H]1CCC[C@H](C)N1C(=O)c1cc(Cl)ccc1NC(=O)CN1C(=O)N(C)C2(CCCCC2)C1=O. The smallest absolute Gasteiger partial charge is 0.327 e. The lowest BCUT2D eigenvalue weighted by molar-refractivity contribution is -0.136. The molecule has 5 amide bonds. The summed E-state index contributed by atoms with van der Waals surface area (Å²) < 4.78 is 0. The number of rotatable bonds is 4. The highest BCUT2D eigenvalue weighted by Gasteiger charge is 2.55. The molecule has 3 aliphatic rings. The van der Waals surface area contributed by atoms with E-state index >= 15 is 0 Å². The first kappa shape index (κ1) is 24.5. The Hall–Kier alpha value is -2.61. The van der Waals surface area contributed by atoms with Gasteiger partial charge in [-0.15, -0.1) is 0 Å². The van der Waals surface area contributed by atoms with E-state index in [4.69, 9.17) is 11.6 Å². The number of nitrogens with zero attached hydrogens (tertiary/aromatic N) is 3. The maximum Gasteiger partial charge on any atom is 0.327 e. The van der Waals surface area contributed by atoms with E-state index in [1.807, 2.05) is 18.7 Å². The zero-order valence-corrected chi connectivity index (χ0v) is 20.9. The Labute approximate surface area is 205 Å². The van der Waals surface area contributed by atoms with Gasteiger partial charge in [0.25, 0.3) is 11.8 Å². The maximum absolute atomic E-state index is 13.5. The van der Waals surface area contributed by atoms with E-state index in [0.717, 1.165) is 43.4 Å². The molecule has 1 aliphatic carbocycles. The zero-order chi connectivity index (χ0) is 24.6. The fourth-order valence-corrected chi connectivity index (χ4v) is 5.94. The second-order valence-corrected chi connectivity index (χ2v) is 10.3. The van der Waals surface area contributed by atoms with Crippen LogP contribution in [0.15, 0.2) is 18.2 Å². The van der Waals surface area contributed by atoms with Gasteiger partial charge in [0.1, 0.15) is 12.1 Å². The van der Waals surface area contributed by atoms with Gasteiger partial charge < -0.3 is 15.1 Å². The van der Waals surface area contributed by atoms with Crippen molar-refractivity contribution in [1.82, 2.24) is 14.7 Å². The molecule has 1 N–H and O–H groups in total. The molecule has 8 nitrogen and oxygen atoms in total. The first-order chi connectivity index (χ1) is 16.2. The van der Waals surface area contributed by atoms with E-state index in [1.165, 1.54) is 4.90 Å². The number of urea groups is 1. The third-order valence-corrected chi connectivity index (χ3v) is 7.93. The summed E-state index contributed by atoms with van der Waals surface area (Å²) in [5.74, 6) is -1.02. The largest absolute Gasteiger partial charge is 0.333 e. The van der Waals surface area contributed by atoms with Gasteiger partial charge in [0.05, 0.1) is 11.3 Å². The van der Waals surface area contributed by atoms with Crippen molar-refractivity contribution in [3.05, 3.63) is 28.8 Å². The number of imide groups is 1. The normalized spacial score (nSPS) is 24.6. The number of amides is 5. The third kappa shape index (κ3) is 4.28. The van der Waals surface area contributed by atoms with Crippen molar-refractivity contribution < 1.29 is 19.2 Å². The maximum atomic E-state index is 13.5. The lowest BCUT2D eigenvalue weighted by Crippen LogP contribution is -2.49. The monoisotopic (exact) mass is 488 g/mol. The standard InChI is InChI=1S/C25H33ClN4O4/c1-16-8-7-9-17(2)30(16)22(32)19-14-18(26)10-11-20(19)27-21(31)15-29-23(33)25(28(3)24(29)34)12-5-4-6-13-25/h10-11,14,16-17H,4-9,12-13,15H2,1-3H3,(H,27,31)/t16-,17+. The van der Waals surface area contributed by atoms with Crippen LogP contribution < -0.4 is 5.32 Å². The summed E-state index contributed by atoms with van der Waals surface area (Å²) in [4.78, 5) is 56.9. The minimum absolute atomic E-state index is 0.0841. The predicted molar refractivity (Wildman–Crippen MR) is 130 cm³/mol. The van der Waals surface area contributed by atoms with Crippen molar-refractivity contribution in [1.29, 1.82) is 0 Å². The quantitative estimate of drug-likeness (QED) is 0.640. The summed E-state index contributed by atoms with van der Waals surface area (Å²) in [6.07, 6.45) is 6.96. The summed E-state index contributed by atoms with van der Waals surface area (Å²) in [6, 6.07) is 4.47. The third-order valence-electron chi connectivity index (χ3n) is 7.70. The summed E-state index contributed by atoms with van der Waals surface area (Å²) in [5.41, 5.74) is -0.206. The highest BCUT2D eigenvalue weighted by Crippen LogP contribution is 2.39. The van der Waals surface area contributed by atoms with E-state index in [-0.39, 0.29) is 23.9 Å². The molecule has 4 rings (SSSR count). The number of hydrogen-bond donors (Lipinski definition) is 1. The Balaban J connectivity index is 1.52. The molecule has 2 atom stereocenters. The van der Waals surface area contributed by atoms with E-state index < -0.39 is 24.0 Å². The van der Waals surface area contributed by atoms with Gasteiger partial charge >= 0.3 is 6.03 Å². The number of likely N-dealkylation sites (tertiary alicyclic amines) is 1. The van der Waals surface area contributed by atoms with Crippen LogP contribution in [0.1, 0.15) is 75.6 Å². The van der Waals surface area contributed by atoms with Crippen LogP contribution in [0.4, 0.5) is 10.5 Å². The van der Waals surface area contributed by atoms with Crippen LogP contribution in [0.2, 0.25) is 5.02 Å². The van der Waals surface area contributed by atoms with Crippen LogP contribution in [-0.2, 0) is 9.59 Å². The number of anilines is 1. The number of hydrogen-bond acceptors (Lipinski definition) is 4. The molecule has 34 heavy (non-hydrogen) atoms. The van der Waals surface area contributed by atoms with Gasteiger partial charge in [0, 0.05) is 24.2 Å². The Bertz CT molecular complexity index is 997. The summed E-state index contributed by atoms with van der Waals surface area (Å²) in [6.45, 7) is 3.66. The Morgan fingerprint density at radius 1 is 1.06 bits per heavy atom. The first-order valence-electron chi connectivity index (χ1n) is 12.2. The van der Waals surface area contributed by atoms with Crippen LogP contribution in [-0.4, -0.2) is 69.7 Å². The summed E-state index contributed by atoms with van der Waals surface area (Å²) in [5, 5.41) is 3.14. The number of likely N-dealkylation sites (N-methyl/N-ethyl adjacent to an activating group) is 1. The van der Waals surface area contributed by atoms with Crippen molar-refractivity contribution in [2.45, 2.75) is 82.8 Å². The van der Waals surface area contributed by atoms with Gasteiger partial charge in [-0.3, -0.25) is 19.3 Å². The molecule has 0 radical (unpaired) electrons. The highest BCUT2D eigenvalue weighted by atomic mass is 35.5. The molecule has 0 aromatic heterocycles. The number of carbonyl (C=O) groups excluding carboxylic acids is 4. The molecule has 0 bridgehead atoms. The van der Waals surface area contributed by atoms with Crippen molar-refractivity contribution in [3.8, 4) is 0 Å².